The van der Waals surface area contributed by atoms with Crippen molar-refractivity contribution in [2.45, 2.75) is 46.0 Å². The van der Waals surface area contributed by atoms with E-state index < -0.39 is 0 Å². The van der Waals surface area contributed by atoms with Gasteiger partial charge in [-0.05, 0) is 24.7 Å². The summed E-state index contributed by atoms with van der Waals surface area (Å²) in [6.45, 7) is 4.87. The fourth-order valence-corrected chi connectivity index (χ4v) is 1.21. The maximum atomic E-state index is 11.1. The lowest BCUT2D eigenvalue weighted by Gasteiger charge is -2.06. The zero-order valence-corrected chi connectivity index (χ0v) is 8.71. The summed E-state index contributed by atoms with van der Waals surface area (Å²) in [5.74, 6) is 1.45. The Kier molecular flexibility index (Phi) is 4.26. The van der Waals surface area contributed by atoms with Crippen LogP contribution in [-0.2, 0) is 9.53 Å². The van der Waals surface area contributed by atoms with E-state index in [-0.39, 0.29) is 5.97 Å². The van der Waals surface area contributed by atoms with Crippen molar-refractivity contribution in [3.8, 4) is 0 Å². The van der Waals surface area contributed by atoms with Crippen LogP contribution in [0.1, 0.15) is 46.0 Å². The maximum absolute atomic E-state index is 11.1. The second-order valence-electron chi connectivity index (χ2n) is 4.39. The summed E-state index contributed by atoms with van der Waals surface area (Å²) in [5, 5.41) is 0. The summed E-state index contributed by atoms with van der Waals surface area (Å²) in [5.41, 5.74) is 0. The minimum absolute atomic E-state index is 0.00690. The van der Waals surface area contributed by atoms with Crippen molar-refractivity contribution in [2.75, 3.05) is 6.61 Å². The highest BCUT2D eigenvalue weighted by molar-refractivity contribution is 5.69. The van der Waals surface area contributed by atoms with Gasteiger partial charge >= 0.3 is 5.97 Å². The molecule has 0 aromatic carbocycles. The normalized spacial score (nSPS) is 16.2. The third-order valence-corrected chi connectivity index (χ3v) is 2.41. The predicted molar refractivity (Wildman–Crippen MR) is 52.4 cm³/mol. The number of carbonyl (C=O) groups is 1. The Bertz CT molecular complexity index is 159. The molecule has 1 fully saturated rings. The predicted octanol–water partition coefficient (Wildman–Crippen LogP) is 2.77. The Balaban J connectivity index is 1.90. The Morgan fingerprint density at radius 3 is 2.69 bits per heavy atom. The van der Waals surface area contributed by atoms with E-state index in [1.807, 2.05) is 0 Å². The van der Waals surface area contributed by atoms with Crippen LogP contribution >= 0.6 is 0 Å². The molecule has 0 amide bonds. The topological polar surface area (TPSA) is 26.3 Å². The Labute approximate surface area is 80.7 Å². The van der Waals surface area contributed by atoms with Crippen LogP contribution in [0.2, 0.25) is 0 Å². The van der Waals surface area contributed by atoms with Crippen molar-refractivity contribution in [1.29, 1.82) is 0 Å². The molecule has 0 aromatic heterocycles. The third kappa shape index (κ3) is 5.67. The molecule has 1 rings (SSSR count). The molecule has 76 valence electrons. The van der Waals surface area contributed by atoms with Gasteiger partial charge in [0.05, 0.1) is 6.61 Å². The van der Waals surface area contributed by atoms with Gasteiger partial charge < -0.3 is 4.74 Å². The molecule has 0 radical (unpaired) electrons. The Hall–Kier alpha value is -0.530. The summed E-state index contributed by atoms with van der Waals surface area (Å²) < 4.78 is 5.09. The lowest BCUT2D eigenvalue weighted by atomic mass is 10.1. The molecule has 2 nitrogen and oxygen atoms in total. The summed E-state index contributed by atoms with van der Waals surface area (Å²) in [4.78, 5) is 11.1. The van der Waals surface area contributed by atoms with Gasteiger partial charge in [-0.25, -0.2) is 0 Å². The highest BCUT2D eigenvalue weighted by atomic mass is 16.5. The molecule has 0 aromatic rings. The van der Waals surface area contributed by atoms with E-state index >= 15 is 0 Å². The second kappa shape index (κ2) is 5.25. The third-order valence-electron chi connectivity index (χ3n) is 2.41. The summed E-state index contributed by atoms with van der Waals surface area (Å²) in [6.07, 6.45) is 5.29. The summed E-state index contributed by atoms with van der Waals surface area (Å²) in [6, 6.07) is 0. The lowest BCUT2D eigenvalue weighted by Crippen LogP contribution is -2.07. The summed E-state index contributed by atoms with van der Waals surface area (Å²) >= 11 is 0. The smallest absolute Gasteiger partial charge is 0.305 e. The van der Waals surface area contributed by atoms with E-state index in [1.54, 1.807) is 0 Å². The first-order valence-electron chi connectivity index (χ1n) is 5.34. The van der Waals surface area contributed by atoms with Gasteiger partial charge in [-0.15, -0.1) is 0 Å². The van der Waals surface area contributed by atoms with E-state index in [1.165, 1.54) is 12.8 Å². The van der Waals surface area contributed by atoms with Crippen LogP contribution in [0.4, 0.5) is 0 Å². The number of ether oxygens (including phenoxy) is 1. The van der Waals surface area contributed by atoms with Gasteiger partial charge in [0.25, 0.3) is 0 Å². The first-order valence-corrected chi connectivity index (χ1v) is 5.34. The molecule has 0 aliphatic heterocycles. The van der Waals surface area contributed by atoms with Crippen LogP contribution in [0.3, 0.4) is 0 Å². The van der Waals surface area contributed by atoms with Crippen molar-refractivity contribution in [3.63, 3.8) is 0 Å². The molecule has 0 bridgehead atoms. The van der Waals surface area contributed by atoms with Gasteiger partial charge in [0.1, 0.15) is 0 Å². The van der Waals surface area contributed by atoms with Gasteiger partial charge in [0.15, 0.2) is 0 Å². The highest BCUT2D eigenvalue weighted by Gasteiger charge is 2.22. The molecule has 0 atom stereocenters. The zero-order chi connectivity index (χ0) is 9.68. The molecule has 0 spiro atoms. The highest BCUT2D eigenvalue weighted by Crippen LogP contribution is 2.33. The van der Waals surface area contributed by atoms with Gasteiger partial charge in [-0.1, -0.05) is 26.7 Å². The number of esters is 1. The van der Waals surface area contributed by atoms with Crippen molar-refractivity contribution >= 4 is 5.97 Å². The first kappa shape index (κ1) is 10.6. The van der Waals surface area contributed by atoms with Crippen LogP contribution in [0.25, 0.3) is 0 Å². The number of rotatable bonds is 6. The minimum Gasteiger partial charge on any atom is -0.466 e. The van der Waals surface area contributed by atoms with Gasteiger partial charge in [0, 0.05) is 6.42 Å². The molecular weight excluding hydrogens is 164 g/mol. The standard InChI is InChI=1S/C11H20O2/c1-9(2)7-8-13-11(12)6-5-10-3-4-10/h9-10H,3-8H2,1-2H3. The van der Waals surface area contributed by atoms with Crippen LogP contribution in [0.5, 0.6) is 0 Å². The summed E-state index contributed by atoms with van der Waals surface area (Å²) in [7, 11) is 0. The van der Waals surface area contributed by atoms with Gasteiger partial charge in [-0.2, -0.15) is 0 Å². The lowest BCUT2D eigenvalue weighted by molar-refractivity contribution is -0.144. The SMILES string of the molecule is CC(C)CCOC(=O)CCC1CC1. The Morgan fingerprint density at radius 2 is 2.15 bits per heavy atom. The fraction of sp³-hybridized carbons (Fsp3) is 0.909. The fourth-order valence-electron chi connectivity index (χ4n) is 1.21. The van der Waals surface area contributed by atoms with Gasteiger partial charge in [-0.3, -0.25) is 4.79 Å². The molecule has 1 aliphatic rings. The number of hydrogen-bond acceptors (Lipinski definition) is 2. The molecule has 0 heterocycles. The monoisotopic (exact) mass is 184 g/mol. The molecule has 0 N–H and O–H groups in total. The van der Waals surface area contributed by atoms with Crippen molar-refractivity contribution in [2.24, 2.45) is 11.8 Å². The molecule has 1 aliphatic carbocycles. The maximum Gasteiger partial charge on any atom is 0.305 e. The zero-order valence-electron chi connectivity index (χ0n) is 8.71. The van der Waals surface area contributed by atoms with Crippen molar-refractivity contribution in [1.82, 2.24) is 0 Å². The van der Waals surface area contributed by atoms with Crippen LogP contribution in [0.15, 0.2) is 0 Å². The van der Waals surface area contributed by atoms with Crippen molar-refractivity contribution < 1.29 is 9.53 Å². The van der Waals surface area contributed by atoms with E-state index in [2.05, 4.69) is 13.8 Å². The van der Waals surface area contributed by atoms with Gasteiger partial charge in [0.2, 0.25) is 0 Å². The quantitative estimate of drug-likeness (QED) is 0.593. The molecule has 1 saturated carbocycles. The first-order chi connectivity index (χ1) is 6.18. The van der Waals surface area contributed by atoms with E-state index in [0.717, 1.165) is 18.8 Å². The van der Waals surface area contributed by atoms with E-state index in [4.69, 9.17) is 4.74 Å². The van der Waals surface area contributed by atoms with Crippen LogP contribution in [0, 0.1) is 11.8 Å². The molecular formula is C11H20O2. The second-order valence-corrected chi connectivity index (χ2v) is 4.39. The molecule has 0 unspecified atom stereocenters. The Morgan fingerprint density at radius 1 is 1.46 bits per heavy atom. The number of carbonyl (C=O) groups excluding carboxylic acids is 1. The molecule has 13 heavy (non-hydrogen) atoms. The van der Waals surface area contributed by atoms with Crippen molar-refractivity contribution in [3.05, 3.63) is 0 Å². The minimum atomic E-state index is -0.00690. The van der Waals surface area contributed by atoms with E-state index in [0.29, 0.717) is 18.9 Å². The van der Waals surface area contributed by atoms with E-state index in [9.17, 15) is 4.79 Å². The number of hydrogen-bond donors (Lipinski definition) is 0. The average Bonchev–Trinajstić information content (AvgIpc) is 2.83. The molecule has 0 saturated heterocycles. The average molecular weight is 184 g/mol. The van der Waals surface area contributed by atoms with Crippen LogP contribution in [-0.4, -0.2) is 12.6 Å². The van der Waals surface area contributed by atoms with Crippen LogP contribution < -0.4 is 0 Å². The largest absolute Gasteiger partial charge is 0.466 e. The molecule has 2 heteroatoms.